The predicted molar refractivity (Wildman–Crippen MR) is 267 cm³/mol. The standard InChI is InChI=1S/C56H90O18/c1-28(2)29(3)21-44(58)71-43-27-42-53(9)18-16-36(22-35(53)15-19-55(42,60)56(61)20-17-37(30(4)57)54(43,56)10)70-45-24-39(63-12)50(32(6)67-45)73-47-26-41(65-14)52(34(8)69-47)74-48-25-40(64-13)51(33(7)68-48)72-46-23-38(62-11)49(59)31(5)66-46/h15,21,28,31-34,36-43,45-52,59-61H,16-20,22-27H2,1-14H3. The minimum atomic E-state index is -1.66. The summed E-state index contributed by atoms with van der Waals surface area (Å²) in [5.74, 6) is -1.42. The number of hydrogen-bond donors (Lipinski definition) is 3. The third-order valence-electron chi connectivity index (χ3n) is 19.4. The van der Waals surface area contributed by atoms with E-state index in [9.17, 15) is 24.9 Å². The zero-order chi connectivity index (χ0) is 53.8. The summed E-state index contributed by atoms with van der Waals surface area (Å²) in [5.41, 5.74) is -2.87. The SMILES string of the molecule is COC1CC(OC2C(C)OC(OC3C(C)OC(OC4C(C)OC(OC5CCC6(C)C(=CCC7(O)C6CC(OC(=O)C=C(C)C(C)C)C6(C)C(C(C)=O)CCC76O)C5)CC4OC)CC3OC)CC2OC)OC(C)C1O. The molecule has 24 atom stereocenters. The van der Waals surface area contributed by atoms with Crippen molar-refractivity contribution in [3.05, 3.63) is 23.3 Å². The predicted octanol–water partition coefficient (Wildman–Crippen LogP) is 6.01. The van der Waals surface area contributed by atoms with Gasteiger partial charge < -0.3 is 76.9 Å². The Labute approximate surface area is 439 Å². The van der Waals surface area contributed by atoms with Crippen molar-refractivity contribution in [1.29, 1.82) is 0 Å². The summed E-state index contributed by atoms with van der Waals surface area (Å²) in [7, 11) is 6.52. The van der Waals surface area contributed by atoms with Gasteiger partial charge in [-0.25, -0.2) is 4.79 Å². The Morgan fingerprint density at radius 1 is 0.676 bits per heavy atom. The van der Waals surface area contributed by atoms with Crippen LogP contribution < -0.4 is 0 Å². The highest BCUT2D eigenvalue weighted by molar-refractivity contribution is 5.83. The summed E-state index contributed by atoms with van der Waals surface area (Å²) in [6, 6.07) is 0. The lowest BCUT2D eigenvalue weighted by atomic mass is 9.43. The second kappa shape index (κ2) is 23.0. The lowest BCUT2D eigenvalue weighted by Gasteiger charge is -2.66. The molecule has 3 N–H and O–H groups in total. The number of aliphatic hydroxyl groups excluding tert-OH is 1. The molecule has 4 aliphatic heterocycles. The largest absolute Gasteiger partial charge is 0.458 e. The van der Waals surface area contributed by atoms with Crippen molar-refractivity contribution in [2.45, 2.75) is 262 Å². The first kappa shape index (κ1) is 58.2. The van der Waals surface area contributed by atoms with Crippen LogP contribution in [0.3, 0.4) is 0 Å². The topological polar surface area (TPSA) is 215 Å². The molecule has 8 aliphatic rings. The first-order chi connectivity index (χ1) is 34.9. The fourth-order valence-corrected chi connectivity index (χ4v) is 14.7. The third kappa shape index (κ3) is 10.8. The van der Waals surface area contributed by atoms with Crippen molar-refractivity contribution in [2.24, 2.45) is 28.6 Å². The van der Waals surface area contributed by atoms with Gasteiger partial charge in [0.2, 0.25) is 0 Å². The van der Waals surface area contributed by atoms with E-state index in [0.29, 0.717) is 57.8 Å². The monoisotopic (exact) mass is 1050 g/mol. The Balaban J connectivity index is 0.869. The van der Waals surface area contributed by atoms with Gasteiger partial charge in [0.1, 0.15) is 47.5 Å². The second-order valence-electron chi connectivity index (χ2n) is 23.8. The molecule has 18 heteroatoms. The summed E-state index contributed by atoms with van der Waals surface area (Å²) < 4.78 is 81.8. The zero-order valence-corrected chi connectivity index (χ0v) is 46.5. The first-order valence-corrected chi connectivity index (χ1v) is 27.5. The summed E-state index contributed by atoms with van der Waals surface area (Å²) in [6.45, 7) is 19.1. The number of fused-ring (bicyclic) bond motifs is 5. The van der Waals surface area contributed by atoms with Crippen LogP contribution in [0.2, 0.25) is 0 Å². The van der Waals surface area contributed by atoms with Gasteiger partial charge in [-0.05, 0) is 97.8 Å². The molecule has 0 aromatic heterocycles. The highest BCUT2D eigenvalue weighted by atomic mass is 16.8. The van der Waals surface area contributed by atoms with E-state index in [2.05, 4.69) is 13.0 Å². The Hall–Kier alpha value is -1.98. The lowest BCUT2D eigenvalue weighted by molar-refractivity contribution is -0.347. The molecule has 0 amide bonds. The van der Waals surface area contributed by atoms with E-state index >= 15 is 0 Å². The number of aliphatic hydroxyl groups is 3. The molecule has 4 aliphatic carbocycles. The van der Waals surface area contributed by atoms with Gasteiger partial charge in [0, 0.05) is 77.4 Å². The van der Waals surface area contributed by atoms with Gasteiger partial charge >= 0.3 is 5.97 Å². The van der Waals surface area contributed by atoms with Crippen LogP contribution in [0.25, 0.3) is 0 Å². The van der Waals surface area contributed by atoms with Gasteiger partial charge in [-0.1, -0.05) is 44.9 Å². The van der Waals surface area contributed by atoms with E-state index in [1.807, 2.05) is 48.5 Å². The van der Waals surface area contributed by atoms with E-state index in [4.69, 9.17) is 61.6 Å². The minimum absolute atomic E-state index is 0.0737. The average molecular weight is 1050 g/mol. The lowest BCUT2D eigenvalue weighted by Crippen LogP contribution is -2.75. The maximum Gasteiger partial charge on any atom is 0.330 e. The maximum atomic E-state index is 13.6. The summed E-state index contributed by atoms with van der Waals surface area (Å²) in [5, 5.41) is 36.3. The van der Waals surface area contributed by atoms with E-state index in [-0.39, 0.29) is 49.0 Å². The number of carbonyl (C=O) groups is 2. The van der Waals surface area contributed by atoms with E-state index in [0.717, 1.165) is 11.1 Å². The molecular formula is C56H90O18. The van der Waals surface area contributed by atoms with Crippen molar-refractivity contribution in [1.82, 2.24) is 0 Å². The van der Waals surface area contributed by atoms with Crippen molar-refractivity contribution in [3.8, 4) is 0 Å². The van der Waals surface area contributed by atoms with Gasteiger partial charge in [0.25, 0.3) is 0 Å². The number of hydrogen-bond acceptors (Lipinski definition) is 18. The highest BCUT2D eigenvalue weighted by Gasteiger charge is 2.77. The van der Waals surface area contributed by atoms with E-state index < -0.39 is 126 Å². The van der Waals surface area contributed by atoms with Gasteiger partial charge in [-0.2, -0.15) is 0 Å². The van der Waals surface area contributed by atoms with Crippen LogP contribution in [-0.4, -0.2) is 177 Å². The van der Waals surface area contributed by atoms with Crippen LogP contribution in [0.5, 0.6) is 0 Å². The molecule has 4 heterocycles. The van der Waals surface area contributed by atoms with Crippen LogP contribution in [0.4, 0.5) is 0 Å². The number of allylic oxidation sites excluding steroid dienone is 1. The molecule has 7 fully saturated rings. The molecule has 0 aromatic rings. The summed E-state index contributed by atoms with van der Waals surface area (Å²) >= 11 is 0. The second-order valence-corrected chi connectivity index (χ2v) is 23.8. The summed E-state index contributed by atoms with van der Waals surface area (Å²) in [6.07, 6.45) is -0.519. The van der Waals surface area contributed by atoms with Gasteiger partial charge in [0.05, 0.1) is 54.9 Å². The fourth-order valence-electron chi connectivity index (χ4n) is 14.7. The van der Waals surface area contributed by atoms with Crippen LogP contribution in [-0.2, 0) is 71.2 Å². The van der Waals surface area contributed by atoms with Gasteiger partial charge in [0.15, 0.2) is 25.2 Å². The van der Waals surface area contributed by atoms with E-state index in [1.54, 1.807) is 35.4 Å². The number of Topliss-reactive ketones (excluding diaryl/α,β-unsaturated/α-hetero) is 1. The Bertz CT molecular complexity index is 2020. The van der Waals surface area contributed by atoms with Crippen molar-refractivity contribution in [2.75, 3.05) is 28.4 Å². The zero-order valence-electron chi connectivity index (χ0n) is 46.5. The Morgan fingerprint density at radius 3 is 1.62 bits per heavy atom. The quantitative estimate of drug-likeness (QED) is 0.0917. The van der Waals surface area contributed by atoms with Gasteiger partial charge in [-0.3, -0.25) is 4.79 Å². The van der Waals surface area contributed by atoms with E-state index in [1.165, 1.54) is 13.0 Å². The Kier molecular flexibility index (Phi) is 18.1. The summed E-state index contributed by atoms with van der Waals surface area (Å²) in [4.78, 5) is 26.8. The Morgan fingerprint density at radius 2 is 1.15 bits per heavy atom. The molecule has 4 saturated heterocycles. The minimum Gasteiger partial charge on any atom is -0.458 e. The number of ketones is 1. The molecule has 18 nitrogen and oxygen atoms in total. The molecule has 0 aromatic carbocycles. The number of esters is 1. The molecule has 24 unspecified atom stereocenters. The number of ether oxygens (including phenoxy) is 13. The fraction of sp³-hybridized carbons (Fsp3) is 0.893. The molecule has 422 valence electrons. The highest BCUT2D eigenvalue weighted by Crippen LogP contribution is 2.70. The maximum absolute atomic E-state index is 13.6. The van der Waals surface area contributed by atoms with Crippen LogP contribution in [0.1, 0.15) is 140 Å². The van der Waals surface area contributed by atoms with Crippen molar-refractivity contribution >= 4 is 11.8 Å². The third-order valence-corrected chi connectivity index (χ3v) is 19.4. The molecule has 0 radical (unpaired) electrons. The smallest absolute Gasteiger partial charge is 0.330 e. The average Bonchev–Trinajstić information content (AvgIpc) is 3.66. The molecule has 8 rings (SSSR count). The van der Waals surface area contributed by atoms with Crippen LogP contribution in [0.15, 0.2) is 23.3 Å². The number of carbonyl (C=O) groups excluding carboxylic acids is 2. The molecule has 0 spiro atoms. The molecule has 0 bridgehead atoms. The normalized spacial score (nSPS) is 48.8. The van der Waals surface area contributed by atoms with Crippen molar-refractivity contribution < 1.29 is 86.5 Å². The van der Waals surface area contributed by atoms with Crippen LogP contribution >= 0.6 is 0 Å². The first-order valence-electron chi connectivity index (χ1n) is 27.5. The molecular weight excluding hydrogens is 961 g/mol. The number of rotatable bonds is 16. The van der Waals surface area contributed by atoms with Crippen LogP contribution in [0, 0.1) is 28.6 Å². The molecule has 74 heavy (non-hydrogen) atoms. The molecule has 3 saturated carbocycles. The van der Waals surface area contributed by atoms with Crippen molar-refractivity contribution in [3.63, 3.8) is 0 Å². The van der Waals surface area contributed by atoms with Gasteiger partial charge in [-0.15, -0.1) is 0 Å². The number of methoxy groups -OCH3 is 4.